The zero-order valence-corrected chi connectivity index (χ0v) is 43.7. The molecule has 0 unspecified atom stereocenters. The number of sulfonamides is 1. The van der Waals surface area contributed by atoms with Crippen LogP contribution in [0.2, 0.25) is 0 Å². The Labute approximate surface area is 442 Å². The number of hydrogen-bond donors (Lipinski definition) is 5. The lowest BCUT2D eigenvalue weighted by Gasteiger charge is -2.35. The molecule has 0 atom stereocenters. The van der Waals surface area contributed by atoms with Gasteiger partial charge < -0.3 is 35.6 Å². The highest BCUT2D eigenvalue weighted by Crippen LogP contribution is 2.32. The van der Waals surface area contributed by atoms with Crippen LogP contribution in [-0.4, -0.2) is 139 Å². The van der Waals surface area contributed by atoms with Gasteiger partial charge in [0.25, 0.3) is 17.4 Å². The number of unbranched alkanes of at least 4 members (excludes halogenated alkanes) is 7. The number of fused-ring (bicyclic) bond motifs is 1. The summed E-state index contributed by atoms with van der Waals surface area (Å²) in [4.78, 5) is 77.2. The number of carboxylic acids is 1. The average Bonchev–Trinajstić information content (AvgIpc) is 3.44. The molecule has 406 valence electrons. The van der Waals surface area contributed by atoms with Crippen molar-refractivity contribution in [2.75, 3.05) is 72.1 Å². The van der Waals surface area contributed by atoms with Crippen molar-refractivity contribution < 1.29 is 46.6 Å². The number of halogens is 1. The highest BCUT2D eigenvalue weighted by atomic mass is 32.2. The molecule has 2 aliphatic heterocycles. The summed E-state index contributed by atoms with van der Waals surface area (Å²) in [7, 11) is -3.75. The molecular formula is C56H69FN8O10S. The number of aliphatic carboxylic acids is 1. The van der Waals surface area contributed by atoms with E-state index < -0.39 is 40.2 Å². The number of ether oxygens (including phenoxy) is 1. The number of nitrogens with one attached hydrogen (secondary N) is 4. The van der Waals surface area contributed by atoms with Crippen LogP contribution in [0.25, 0.3) is 10.8 Å². The molecule has 76 heavy (non-hydrogen) atoms. The summed E-state index contributed by atoms with van der Waals surface area (Å²) in [5.41, 5.74) is 2.30. The lowest BCUT2D eigenvalue weighted by Crippen LogP contribution is -2.50. The first-order chi connectivity index (χ1) is 36.8. The van der Waals surface area contributed by atoms with Crippen LogP contribution in [0, 0.1) is 5.82 Å². The summed E-state index contributed by atoms with van der Waals surface area (Å²) in [6, 6.07) is 24.9. The van der Waals surface area contributed by atoms with Crippen LogP contribution in [0.3, 0.4) is 0 Å². The first-order valence-electron chi connectivity index (χ1n) is 26.4. The number of benzene rings is 4. The summed E-state index contributed by atoms with van der Waals surface area (Å²) in [6.07, 6.45) is 10.5. The van der Waals surface area contributed by atoms with E-state index in [9.17, 15) is 41.6 Å². The summed E-state index contributed by atoms with van der Waals surface area (Å²) >= 11 is 0. The Morgan fingerprint density at radius 3 is 2.05 bits per heavy atom. The predicted molar refractivity (Wildman–Crippen MR) is 285 cm³/mol. The number of amides is 4. The molecule has 0 radical (unpaired) electrons. The maximum Gasteiger partial charge on any atom is 0.322 e. The molecule has 4 aromatic carbocycles. The number of carbonyl (C=O) groups is 5. The number of nitrogens with zero attached hydrogens (tertiary/aromatic N) is 4. The summed E-state index contributed by atoms with van der Waals surface area (Å²) in [5, 5.41) is 25.2. The van der Waals surface area contributed by atoms with Crippen LogP contribution in [-0.2, 0) is 30.8 Å². The molecule has 1 aromatic heterocycles. The normalized spacial score (nSPS) is 14.4. The molecule has 2 aliphatic rings. The van der Waals surface area contributed by atoms with Crippen LogP contribution in [0.5, 0.6) is 5.75 Å². The van der Waals surface area contributed by atoms with Gasteiger partial charge in [-0.15, -0.1) is 0 Å². The predicted octanol–water partition coefficient (Wildman–Crippen LogP) is 6.01. The maximum atomic E-state index is 15.0. The second-order valence-electron chi connectivity index (χ2n) is 19.3. The lowest BCUT2D eigenvalue weighted by atomic mass is 9.90. The third-order valence-electron chi connectivity index (χ3n) is 14.0. The molecule has 5 aromatic rings. The zero-order valence-electron chi connectivity index (χ0n) is 42.9. The van der Waals surface area contributed by atoms with E-state index in [-0.39, 0.29) is 39.3 Å². The van der Waals surface area contributed by atoms with Gasteiger partial charge in [0.15, 0.2) is 0 Å². The molecule has 0 bridgehead atoms. The minimum Gasteiger partial charge on any atom is -0.492 e. The molecule has 4 amide bonds. The molecule has 0 aliphatic carbocycles. The Morgan fingerprint density at radius 2 is 1.37 bits per heavy atom. The molecule has 0 saturated carbocycles. The van der Waals surface area contributed by atoms with Crippen LogP contribution in [0.1, 0.15) is 121 Å². The monoisotopic (exact) mass is 1060 g/mol. The largest absolute Gasteiger partial charge is 0.492 e. The second-order valence-corrected chi connectivity index (χ2v) is 21.3. The summed E-state index contributed by atoms with van der Waals surface area (Å²) < 4.78 is 48.9. The van der Waals surface area contributed by atoms with Gasteiger partial charge in [-0.05, 0) is 97.3 Å². The third-order valence-corrected chi connectivity index (χ3v) is 15.9. The van der Waals surface area contributed by atoms with Crippen molar-refractivity contribution in [1.82, 2.24) is 40.3 Å². The highest BCUT2D eigenvalue weighted by molar-refractivity contribution is 7.89. The number of aromatic amines is 1. The van der Waals surface area contributed by atoms with E-state index in [2.05, 4.69) is 26.1 Å². The van der Waals surface area contributed by atoms with Gasteiger partial charge in [-0.25, -0.2) is 17.9 Å². The number of rotatable bonds is 27. The first kappa shape index (κ1) is 56.7. The number of carbonyl (C=O) groups excluding carboxylic acids is 4. The molecule has 7 rings (SSSR count). The topological polar surface area (TPSA) is 241 Å². The summed E-state index contributed by atoms with van der Waals surface area (Å²) in [5.74, 6) is -1.73. The van der Waals surface area contributed by atoms with Crippen LogP contribution < -0.4 is 26.2 Å². The molecular weight excluding hydrogens is 996 g/mol. The van der Waals surface area contributed by atoms with E-state index >= 15 is 0 Å². The summed E-state index contributed by atoms with van der Waals surface area (Å²) in [6.45, 7) is 3.89. The Hall–Kier alpha value is -7.03. The minimum atomic E-state index is -3.75. The SMILES string of the molecule is O=C(O)CNC(=O)c1ccc(S(=O)(=O)N2CCC(c3ccc(OCCNCCNC(=O)CCCCCCCCCCC(=O)N4CCN(C(=O)c5cc(Cc6n[nH]c(=O)c7ccccc67)ccc5F)CC4)cc3)CC2)cc1. The van der Waals surface area contributed by atoms with Gasteiger partial charge in [-0.1, -0.05) is 74.9 Å². The van der Waals surface area contributed by atoms with Gasteiger partial charge in [-0.2, -0.15) is 9.40 Å². The fourth-order valence-corrected chi connectivity index (χ4v) is 11.1. The van der Waals surface area contributed by atoms with E-state index in [1.54, 1.807) is 34.1 Å². The fourth-order valence-electron chi connectivity index (χ4n) is 9.65. The van der Waals surface area contributed by atoms with E-state index in [1.807, 2.05) is 36.4 Å². The van der Waals surface area contributed by atoms with E-state index in [1.165, 1.54) is 34.6 Å². The van der Waals surface area contributed by atoms with Crippen molar-refractivity contribution in [3.05, 3.63) is 135 Å². The van der Waals surface area contributed by atoms with Crippen LogP contribution >= 0.6 is 0 Å². The van der Waals surface area contributed by atoms with Crippen molar-refractivity contribution in [3.8, 4) is 5.75 Å². The van der Waals surface area contributed by atoms with Crippen molar-refractivity contribution in [3.63, 3.8) is 0 Å². The first-order valence-corrected chi connectivity index (χ1v) is 27.8. The van der Waals surface area contributed by atoms with Gasteiger partial charge in [0.05, 0.1) is 21.5 Å². The molecule has 2 fully saturated rings. The highest BCUT2D eigenvalue weighted by Gasteiger charge is 2.31. The molecule has 3 heterocycles. The number of H-pyrrole nitrogens is 1. The average molecular weight is 1070 g/mol. The van der Waals surface area contributed by atoms with Gasteiger partial charge in [0.2, 0.25) is 21.8 Å². The Bertz CT molecular complexity index is 2940. The van der Waals surface area contributed by atoms with Crippen molar-refractivity contribution >= 4 is 50.4 Å². The Kier molecular flexibility index (Phi) is 21.0. The zero-order chi connectivity index (χ0) is 53.9. The number of piperidine rings is 1. The molecule has 18 nitrogen and oxygen atoms in total. The van der Waals surface area contributed by atoms with Crippen LogP contribution in [0.15, 0.2) is 101 Å². The Balaban J connectivity index is 0.658. The van der Waals surface area contributed by atoms with Crippen molar-refractivity contribution in [2.45, 2.75) is 94.3 Å². The number of aromatic nitrogens is 2. The number of piperazine rings is 1. The standard InChI is InChI=1S/C56H69FN8O10S/c57-49-24-15-40(38-50-46-11-9-10-12-47(46)55(71)62-61-50)37-48(49)56(72)64-34-32-63(33-35-64)52(67)14-8-6-4-2-1-3-5-7-13-51(66)59-28-27-58-29-36-75-44-20-16-41(17-21-44)42-25-30-65(31-26-42)76(73,74)45-22-18-43(19-23-45)54(70)60-39-53(68)69/h9-12,15-24,37,42,58H,1-8,13-14,25-36,38-39H2,(H,59,66)(H,60,70)(H,62,71)(H,68,69). The molecule has 20 heteroatoms. The van der Waals surface area contributed by atoms with Gasteiger partial charge >= 0.3 is 5.97 Å². The van der Waals surface area contributed by atoms with Gasteiger partial charge in [0, 0.05) is 89.1 Å². The lowest BCUT2D eigenvalue weighted by molar-refractivity contribution is -0.136. The number of carboxylic acid groups (broad SMARTS) is 1. The Morgan fingerprint density at radius 1 is 0.724 bits per heavy atom. The maximum absolute atomic E-state index is 15.0. The minimum absolute atomic E-state index is 0.0238. The van der Waals surface area contributed by atoms with E-state index in [4.69, 9.17) is 9.84 Å². The number of hydrogen-bond acceptors (Lipinski definition) is 11. The van der Waals surface area contributed by atoms with Gasteiger partial charge in [-0.3, -0.25) is 28.8 Å². The van der Waals surface area contributed by atoms with Gasteiger partial charge in [0.1, 0.15) is 24.7 Å². The van der Waals surface area contributed by atoms with Crippen LogP contribution in [0.4, 0.5) is 4.39 Å². The quantitative estimate of drug-likeness (QED) is 0.0381. The fraction of sp³-hybridized carbons (Fsp3) is 0.446. The van der Waals surface area contributed by atoms with E-state index in [0.29, 0.717) is 120 Å². The van der Waals surface area contributed by atoms with Crippen molar-refractivity contribution in [2.24, 2.45) is 0 Å². The second kappa shape index (κ2) is 28.2. The molecule has 2 saturated heterocycles. The molecule has 5 N–H and O–H groups in total. The third kappa shape index (κ3) is 16.2. The van der Waals surface area contributed by atoms with E-state index in [0.717, 1.165) is 62.7 Å². The molecule has 0 spiro atoms. The van der Waals surface area contributed by atoms with Crippen molar-refractivity contribution in [1.29, 1.82) is 0 Å². The smallest absolute Gasteiger partial charge is 0.322 e.